The van der Waals surface area contributed by atoms with Crippen LogP contribution in [0.25, 0.3) is 0 Å². The summed E-state index contributed by atoms with van der Waals surface area (Å²) in [6.45, 7) is 10.3. The summed E-state index contributed by atoms with van der Waals surface area (Å²) in [7, 11) is 1.54. The van der Waals surface area contributed by atoms with Gasteiger partial charge in [-0.15, -0.1) is 0 Å². The van der Waals surface area contributed by atoms with Crippen LogP contribution in [0.5, 0.6) is 0 Å². The van der Waals surface area contributed by atoms with Crippen molar-refractivity contribution in [2.75, 3.05) is 20.6 Å². The zero-order valence-electron chi connectivity index (χ0n) is 20.5. The van der Waals surface area contributed by atoms with Gasteiger partial charge in [-0.3, -0.25) is 23.8 Å². The molecule has 184 valence electrons. The van der Waals surface area contributed by atoms with Gasteiger partial charge in [0.2, 0.25) is 11.8 Å². The standard InChI is InChI=1S/C24H37N3O5S/c1-17(2)13-20(14-21(28)27(31)18(3)4)22(29)25-16-24(5,23(30)26(6)7)33(32)15-19-11-9-8-10-12-19/h8-12,17,20,31H,3,13-16H2,1-2,4-7H3,(H,25,29)/t20-,24+,33?/m1/s1. The molecule has 0 fully saturated rings. The molecule has 0 saturated heterocycles. The largest absolute Gasteiger partial charge is 0.354 e. The van der Waals surface area contributed by atoms with Crippen molar-refractivity contribution in [1.82, 2.24) is 15.3 Å². The Labute approximate surface area is 199 Å². The molecule has 0 aliphatic carbocycles. The van der Waals surface area contributed by atoms with Crippen LogP contribution in [0.15, 0.2) is 42.6 Å². The lowest BCUT2D eigenvalue weighted by molar-refractivity contribution is -0.159. The van der Waals surface area contributed by atoms with E-state index in [0.717, 1.165) is 5.56 Å². The van der Waals surface area contributed by atoms with Crippen molar-refractivity contribution in [2.24, 2.45) is 11.8 Å². The van der Waals surface area contributed by atoms with Crippen LogP contribution >= 0.6 is 0 Å². The van der Waals surface area contributed by atoms with Crippen LogP contribution in [0.1, 0.15) is 46.1 Å². The molecule has 1 aromatic carbocycles. The van der Waals surface area contributed by atoms with Gasteiger partial charge in [0.25, 0.3) is 5.91 Å². The van der Waals surface area contributed by atoms with Crippen LogP contribution in [0.3, 0.4) is 0 Å². The SMILES string of the molecule is C=C(C)N(O)C(=O)C[C@@H](CC(C)C)C(=O)NC[C@@](C)(C(=O)N(C)C)S(=O)Cc1ccccc1. The molecule has 1 rings (SSSR count). The van der Waals surface area contributed by atoms with Crippen LogP contribution in [0.2, 0.25) is 0 Å². The molecule has 0 heterocycles. The molecule has 9 heteroatoms. The second-order valence-corrected chi connectivity index (χ2v) is 11.0. The number of nitrogens with one attached hydrogen (secondary N) is 1. The Morgan fingerprint density at radius 2 is 1.76 bits per heavy atom. The lowest BCUT2D eigenvalue weighted by atomic mass is 9.92. The second-order valence-electron chi connectivity index (χ2n) is 9.10. The number of rotatable bonds is 12. The maximum atomic E-state index is 13.3. The molecule has 1 aromatic rings. The molecule has 3 amide bonds. The zero-order chi connectivity index (χ0) is 25.3. The number of nitrogens with zero attached hydrogens (tertiary/aromatic N) is 2. The minimum absolute atomic E-state index is 0.118. The van der Waals surface area contributed by atoms with Gasteiger partial charge in [0.05, 0.1) is 0 Å². The molecule has 0 radical (unpaired) electrons. The second kappa shape index (κ2) is 12.6. The average molecular weight is 480 g/mol. The van der Waals surface area contributed by atoms with Gasteiger partial charge in [0, 0.05) is 55.2 Å². The lowest BCUT2D eigenvalue weighted by Crippen LogP contribution is -2.55. The molecule has 0 spiro atoms. The number of carbonyl (C=O) groups excluding carboxylic acids is 3. The Balaban J connectivity index is 3.05. The van der Waals surface area contributed by atoms with Crippen molar-refractivity contribution >= 4 is 28.5 Å². The third kappa shape index (κ3) is 8.40. The zero-order valence-corrected chi connectivity index (χ0v) is 21.3. The number of hydroxylamine groups is 2. The van der Waals surface area contributed by atoms with Gasteiger partial charge >= 0.3 is 0 Å². The van der Waals surface area contributed by atoms with Gasteiger partial charge in [-0.25, -0.2) is 0 Å². The Kier molecular flexibility index (Phi) is 10.9. The van der Waals surface area contributed by atoms with Gasteiger partial charge in [0.1, 0.15) is 4.75 Å². The first kappa shape index (κ1) is 28.5. The summed E-state index contributed by atoms with van der Waals surface area (Å²) >= 11 is 0. The Morgan fingerprint density at radius 1 is 1.18 bits per heavy atom. The number of allylic oxidation sites excluding steroid dienone is 1. The Morgan fingerprint density at radius 3 is 2.24 bits per heavy atom. The highest BCUT2D eigenvalue weighted by atomic mass is 32.2. The molecule has 33 heavy (non-hydrogen) atoms. The third-order valence-corrected chi connectivity index (χ3v) is 7.17. The van der Waals surface area contributed by atoms with Crippen molar-refractivity contribution in [1.29, 1.82) is 0 Å². The topological polar surface area (TPSA) is 107 Å². The van der Waals surface area contributed by atoms with Crippen LogP contribution in [0.4, 0.5) is 0 Å². The van der Waals surface area contributed by atoms with Crippen LogP contribution in [-0.4, -0.2) is 62.5 Å². The summed E-state index contributed by atoms with van der Waals surface area (Å²) in [5, 5.41) is 13.0. The van der Waals surface area contributed by atoms with Crippen LogP contribution < -0.4 is 5.32 Å². The summed E-state index contributed by atoms with van der Waals surface area (Å²) in [6, 6.07) is 9.20. The quantitative estimate of drug-likeness (QED) is 0.354. The van der Waals surface area contributed by atoms with Gasteiger partial charge in [0.15, 0.2) is 0 Å². The summed E-state index contributed by atoms with van der Waals surface area (Å²) in [6.07, 6.45) is 0.200. The average Bonchev–Trinajstić information content (AvgIpc) is 2.75. The van der Waals surface area contributed by atoms with E-state index in [-0.39, 0.29) is 36.2 Å². The van der Waals surface area contributed by atoms with Crippen molar-refractivity contribution in [3.8, 4) is 0 Å². The smallest absolute Gasteiger partial charge is 0.251 e. The molecule has 0 aliphatic heterocycles. The minimum Gasteiger partial charge on any atom is -0.354 e. The van der Waals surface area contributed by atoms with E-state index in [1.165, 1.54) is 11.8 Å². The first-order valence-corrected chi connectivity index (χ1v) is 12.2. The fourth-order valence-corrected chi connectivity index (χ4v) is 4.80. The van der Waals surface area contributed by atoms with Gasteiger partial charge < -0.3 is 10.2 Å². The molecule has 3 atom stereocenters. The first-order valence-electron chi connectivity index (χ1n) is 10.9. The van der Waals surface area contributed by atoms with Crippen LogP contribution in [-0.2, 0) is 30.9 Å². The normalized spacial score (nSPS) is 14.7. The highest BCUT2D eigenvalue weighted by molar-refractivity contribution is 7.86. The summed E-state index contributed by atoms with van der Waals surface area (Å²) in [4.78, 5) is 39.7. The van der Waals surface area contributed by atoms with E-state index in [0.29, 0.717) is 11.5 Å². The number of benzene rings is 1. The molecule has 8 nitrogen and oxygen atoms in total. The van der Waals surface area contributed by atoms with Crippen molar-refractivity contribution in [3.63, 3.8) is 0 Å². The molecule has 0 aliphatic rings. The summed E-state index contributed by atoms with van der Waals surface area (Å²) < 4.78 is 11.9. The Hall–Kier alpha value is -2.52. The fourth-order valence-electron chi connectivity index (χ4n) is 3.37. The molecule has 0 bridgehead atoms. The third-order valence-electron chi connectivity index (χ3n) is 5.25. The van der Waals surface area contributed by atoms with Gasteiger partial charge in [-0.05, 0) is 31.7 Å². The van der Waals surface area contributed by atoms with E-state index >= 15 is 0 Å². The van der Waals surface area contributed by atoms with E-state index in [1.807, 2.05) is 44.2 Å². The Bertz CT molecular complexity index is 872. The highest BCUT2D eigenvalue weighted by Gasteiger charge is 2.41. The molecular formula is C24H37N3O5S. The number of carbonyl (C=O) groups is 3. The van der Waals surface area contributed by atoms with E-state index in [4.69, 9.17) is 0 Å². The van der Waals surface area contributed by atoms with Crippen molar-refractivity contribution in [3.05, 3.63) is 48.2 Å². The molecule has 1 unspecified atom stereocenters. The number of amides is 3. The maximum absolute atomic E-state index is 13.3. The molecule has 0 aromatic heterocycles. The summed E-state index contributed by atoms with van der Waals surface area (Å²) in [5.74, 6) is -1.86. The molecule has 2 N–H and O–H groups in total. The minimum atomic E-state index is -1.62. The summed E-state index contributed by atoms with van der Waals surface area (Å²) in [5.41, 5.74) is 0.982. The predicted octanol–water partition coefficient (Wildman–Crippen LogP) is 2.70. The number of hydrogen-bond acceptors (Lipinski definition) is 5. The van der Waals surface area contributed by atoms with Gasteiger partial charge in [-0.2, -0.15) is 5.06 Å². The van der Waals surface area contributed by atoms with Gasteiger partial charge in [-0.1, -0.05) is 50.8 Å². The van der Waals surface area contributed by atoms with E-state index in [1.54, 1.807) is 21.0 Å². The van der Waals surface area contributed by atoms with E-state index < -0.39 is 33.3 Å². The fraction of sp³-hybridized carbons (Fsp3) is 0.542. The maximum Gasteiger partial charge on any atom is 0.251 e. The first-order chi connectivity index (χ1) is 15.3. The van der Waals surface area contributed by atoms with Crippen LogP contribution in [0, 0.1) is 11.8 Å². The van der Waals surface area contributed by atoms with Crippen molar-refractivity contribution < 1.29 is 23.8 Å². The van der Waals surface area contributed by atoms with Crippen molar-refractivity contribution in [2.45, 2.75) is 51.0 Å². The van der Waals surface area contributed by atoms with E-state index in [9.17, 15) is 23.8 Å². The predicted molar refractivity (Wildman–Crippen MR) is 129 cm³/mol. The molecule has 0 saturated carbocycles. The molecular weight excluding hydrogens is 442 g/mol. The monoisotopic (exact) mass is 479 g/mol. The lowest BCUT2D eigenvalue weighted by Gasteiger charge is -2.31. The van der Waals surface area contributed by atoms with E-state index in [2.05, 4.69) is 11.9 Å². The number of hydrogen-bond donors (Lipinski definition) is 2. The highest BCUT2D eigenvalue weighted by Crippen LogP contribution is 2.22.